The van der Waals surface area contributed by atoms with E-state index < -0.39 is 0 Å². The Labute approximate surface area is 177 Å². The van der Waals surface area contributed by atoms with Crippen LogP contribution in [0.15, 0.2) is 36.8 Å². The topological polar surface area (TPSA) is 57.5 Å². The quantitative estimate of drug-likeness (QED) is 0.781. The molecule has 0 saturated carbocycles. The molecule has 6 heterocycles. The van der Waals surface area contributed by atoms with E-state index >= 15 is 0 Å². The average Bonchev–Trinajstić information content (AvgIpc) is 3.52. The van der Waals surface area contributed by atoms with E-state index in [0.717, 1.165) is 58.3 Å². The minimum absolute atomic E-state index is 0.264. The van der Waals surface area contributed by atoms with Crippen LogP contribution in [0.25, 0.3) is 5.95 Å². The van der Waals surface area contributed by atoms with Crippen LogP contribution in [0.5, 0.6) is 0 Å². The van der Waals surface area contributed by atoms with Crippen molar-refractivity contribution in [2.45, 2.75) is 49.7 Å². The standard InChI is InChI=1S/C23H30N6O/c1-26-13-6-18(7-14-26)28-16-17-15-20(29-12-3-8-23(17,29)21(28)30)19-5-2-11-27(19)22-24-9-4-10-25-22/h2,4-5,9-11,17-18,20H,3,6-8,12-16H2,1H3/t17-,20-,23-/m0/s1. The Morgan fingerprint density at radius 3 is 2.70 bits per heavy atom. The van der Waals surface area contributed by atoms with Gasteiger partial charge in [-0.1, -0.05) is 0 Å². The van der Waals surface area contributed by atoms with Gasteiger partial charge in [0.25, 0.3) is 0 Å². The number of hydrogen-bond donors (Lipinski definition) is 0. The van der Waals surface area contributed by atoms with Crippen molar-refractivity contribution in [3.8, 4) is 5.95 Å². The molecule has 2 aromatic rings. The fraction of sp³-hybridized carbons (Fsp3) is 0.609. The fourth-order valence-electron chi connectivity index (χ4n) is 6.69. The Hall–Kier alpha value is -2.25. The van der Waals surface area contributed by atoms with E-state index in [-0.39, 0.29) is 11.6 Å². The Balaban J connectivity index is 1.30. The molecular weight excluding hydrogens is 376 g/mol. The van der Waals surface area contributed by atoms with Gasteiger partial charge in [-0.2, -0.15) is 0 Å². The van der Waals surface area contributed by atoms with E-state index in [1.54, 1.807) is 12.4 Å². The first-order valence-corrected chi connectivity index (χ1v) is 11.4. The van der Waals surface area contributed by atoms with Crippen molar-refractivity contribution in [3.05, 3.63) is 42.5 Å². The second-order valence-electron chi connectivity index (χ2n) is 9.51. The number of rotatable bonds is 3. The predicted octanol–water partition coefficient (Wildman–Crippen LogP) is 2.10. The zero-order chi connectivity index (χ0) is 20.3. The van der Waals surface area contributed by atoms with Crippen LogP contribution in [0.3, 0.4) is 0 Å². The van der Waals surface area contributed by atoms with Crippen molar-refractivity contribution in [3.63, 3.8) is 0 Å². The number of carbonyl (C=O) groups excluding carboxylic acids is 1. The number of piperidine rings is 1. The van der Waals surface area contributed by atoms with Gasteiger partial charge in [0.05, 0.1) is 6.04 Å². The fourth-order valence-corrected chi connectivity index (χ4v) is 6.69. The molecule has 30 heavy (non-hydrogen) atoms. The van der Waals surface area contributed by atoms with E-state index in [2.05, 4.69) is 48.4 Å². The van der Waals surface area contributed by atoms with Gasteiger partial charge >= 0.3 is 0 Å². The number of aromatic nitrogens is 3. The van der Waals surface area contributed by atoms with Gasteiger partial charge in [0.2, 0.25) is 11.9 Å². The zero-order valence-electron chi connectivity index (χ0n) is 17.7. The molecule has 6 rings (SSSR count). The zero-order valence-corrected chi connectivity index (χ0v) is 17.7. The first-order valence-electron chi connectivity index (χ1n) is 11.4. The third-order valence-electron chi connectivity index (χ3n) is 8.10. The molecule has 4 aliphatic rings. The van der Waals surface area contributed by atoms with Gasteiger partial charge in [0.1, 0.15) is 5.54 Å². The maximum atomic E-state index is 13.9. The average molecular weight is 407 g/mol. The Morgan fingerprint density at radius 2 is 1.90 bits per heavy atom. The van der Waals surface area contributed by atoms with Crippen LogP contribution in [0.4, 0.5) is 0 Å². The molecule has 1 amide bonds. The Kier molecular flexibility index (Phi) is 4.25. The summed E-state index contributed by atoms with van der Waals surface area (Å²) in [6.45, 7) is 4.14. The lowest BCUT2D eigenvalue weighted by Crippen LogP contribution is -2.52. The lowest BCUT2D eigenvalue weighted by Gasteiger charge is -2.38. The summed E-state index contributed by atoms with van der Waals surface area (Å²) < 4.78 is 2.11. The molecule has 0 aromatic carbocycles. The smallest absolute Gasteiger partial charge is 0.243 e. The van der Waals surface area contributed by atoms with Crippen molar-refractivity contribution in [2.24, 2.45) is 5.92 Å². The number of carbonyl (C=O) groups is 1. The molecule has 4 saturated heterocycles. The van der Waals surface area contributed by atoms with Crippen LogP contribution in [0.1, 0.15) is 43.8 Å². The Morgan fingerprint density at radius 1 is 1.10 bits per heavy atom. The molecule has 7 heteroatoms. The van der Waals surface area contributed by atoms with Crippen molar-refractivity contribution in [1.82, 2.24) is 29.2 Å². The third-order valence-corrected chi connectivity index (χ3v) is 8.10. The summed E-state index contributed by atoms with van der Waals surface area (Å²) in [4.78, 5) is 30.0. The van der Waals surface area contributed by atoms with Crippen LogP contribution in [0.2, 0.25) is 0 Å². The maximum Gasteiger partial charge on any atom is 0.243 e. The first kappa shape index (κ1) is 18.5. The molecule has 1 spiro atoms. The lowest BCUT2D eigenvalue weighted by atomic mass is 9.85. The molecular formula is C23H30N6O. The van der Waals surface area contributed by atoms with Gasteiger partial charge in [-0.15, -0.1) is 0 Å². The van der Waals surface area contributed by atoms with Crippen LogP contribution in [-0.2, 0) is 4.79 Å². The SMILES string of the molecule is CN1CCC(N2C[C@@H]3C[C@@H](c4cccn4-c4ncccn4)N4CCC[C@@]34C2=O)CC1. The van der Waals surface area contributed by atoms with E-state index in [1.165, 1.54) is 5.69 Å². The molecule has 0 radical (unpaired) electrons. The normalized spacial score (nSPS) is 32.7. The predicted molar refractivity (Wildman–Crippen MR) is 113 cm³/mol. The highest BCUT2D eigenvalue weighted by molar-refractivity contribution is 5.90. The third kappa shape index (κ3) is 2.54. The summed E-state index contributed by atoms with van der Waals surface area (Å²) >= 11 is 0. The molecule has 0 aliphatic carbocycles. The van der Waals surface area contributed by atoms with Crippen LogP contribution < -0.4 is 0 Å². The monoisotopic (exact) mass is 406 g/mol. The molecule has 4 fully saturated rings. The summed E-state index contributed by atoms with van der Waals surface area (Å²) in [5.41, 5.74) is 0.941. The minimum Gasteiger partial charge on any atom is -0.338 e. The highest BCUT2D eigenvalue weighted by Crippen LogP contribution is 2.56. The number of likely N-dealkylation sites (tertiary alicyclic amines) is 2. The van der Waals surface area contributed by atoms with Gasteiger partial charge in [0, 0.05) is 42.8 Å². The molecule has 7 nitrogen and oxygen atoms in total. The lowest BCUT2D eigenvalue weighted by molar-refractivity contribution is -0.139. The van der Waals surface area contributed by atoms with Gasteiger partial charge in [-0.25, -0.2) is 9.97 Å². The molecule has 3 atom stereocenters. The Bertz CT molecular complexity index is 936. The van der Waals surface area contributed by atoms with Gasteiger partial charge in [0.15, 0.2) is 0 Å². The summed E-state index contributed by atoms with van der Waals surface area (Å²) in [5, 5.41) is 0. The van der Waals surface area contributed by atoms with Crippen LogP contribution in [0, 0.1) is 5.92 Å². The molecule has 0 unspecified atom stereocenters. The van der Waals surface area contributed by atoms with Crippen molar-refractivity contribution >= 4 is 5.91 Å². The van der Waals surface area contributed by atoms with Gasteiger partial charge in [-0.05, 0) is 77.0 Å². The summed E-state index contributed by atoms with van der Waals surface area (Å²) in [7, 11) is 2.18. The second-order valence-corrected chi connectivity index (χ2v) is 9.51. The van der Waals surface area contributed by atoms with Crippen molar-refractivity contribution in [2.75, 3.05) is 33.2 Å². The molecule has 158 valence electrons. The number of hydrogen-bond acceptors (Lipinski definition) is 5. The van der Waals surface area contributed by atoms with Crippen molar-refractivity contribution in [1.29, 1.82) is 0 Å². The van der Waals surface area contributed by atoms with Gasteiger partial charge in [-0.3, -0.25) is 14.3 Å². The van der Waals surface area contributed by atoms with Crippen LogP contribution in [-0.4, -0.2) is 79.9 Å². The van der Waals surface area contributed by atoms with Crippen molar-refractivity contribution < 1.29 is 4.79 Å². The van der Waals surface area contributed by atoms with E-state index in [1.807, 2.05) is 12.3 Å². The largest absolute Gasteiger partial charge is 0.338 e. The summed E-state index contributed by atoms with van der Waals surface area (Å²) in [6, 6.07) is 6.80. The molecule has 4 aliphatic heterocycles. The van der Waals surface area contributed by atoms with Gasteiger partial charge < -0.3 is 9.80 Å². The van der Waals surface area contributed by atoms with Crippen LogP contribution >= 0.6 is 0 Å². The highest BCUT2D eigenvalue weighted by atomic mass is 16.2. The number of amides is 1. The van der Waals surface area contributed by atoms with E-state index in [9.17, 15) is 4.79 Å². The highest BCUT2D eigenvalue weighted by Gasteiger charge is 2.66. The summed E-state index contributed by atoms with van der Waals surface area (Å²) in [6.07, 6.45) is 11.0. The first-order chi connectivity index (χ1) is 14.7. The molecule has 2 aromatic heterocycles. The molecule has 0 bridgehead atoms. The summed E-state index contributed by atoms with van der Waals surface area (Å²) in [5.74, 6) is 1.55. The maximum absolute atomic E-state index is 13.9. The minimum atomic E-state index is -0.277. The van der Waals surface area contributed by atoms with E-state index in [4.69, 9.17) is 0 Å². The molecule has 0 N–H and O–H groups in total. The second kappa shape index (κ2) is 6.89. The van der Waals surface area contributed by atoms with E-state index in [0.29, 0.717) is 23.8 Å². The number of nitrogens with zero attached hydrogens (tertiary/aromatic N) is 6.